The molecule has 0 saturated carbocycles. The maximum atomic E-state index is 14.1. The second-order valence-electron chi connectivity index (χ2n) is 4.75. The Morgan fingerprint density at radius 1 is 1.45 bits per heavy atom. The first-order valence-electron chi connectivity index (χ1n) is 6.31. The Hall–Kier alpha value is -1.86. The van der Waals surface area contributed by atoms with Crippen molar-refractivity contribution in [3.05, 3.63) is 29.6 Å². The number of nitrogens with one attached hydrogen (secondary N) is 1. The normalized spacial score (nSPS) is 27.8. The van der Waals surface area contributed by atoms with Crippen molar-refractivity contribution in [3.63, 3.8) is 0 Å². The molecule has 0 amide bonds. The number of nitrogens with two attached hydrogens (primary N) is 2. The zero-order valence-corrected chi connectivity index (χ0v) is 11.3. The number of nitrogen functional groups attached to an aromatic ring is 1. The Morgan fingerprint density at radius 2 is 2.20 bits per heavy atom. The van der Waals surface area contributed by atoms with Crippen LogP contribution < -0.4 is 16.8 Å². The third kappa shape index (κ3) is 2.30. The fourth-order valence-corrected chi connectivity index (χ4v) is 2.74. The highest BCUT2D eigenvalue weighted by atomic mass is 19.1. The van der Waals surface area contributed by atoms with E-state index in [-0.39, 0.29) is 17.8 Å². The topological polar surface area (TPSA) is 106 Å². The van der Waals surface area contributed by atoms with Gasteiger partial charge in [0, 0.05) is 37.4 Å². The van der Waals surface area contributed by atoms with Gasteiger partial charge in [0.05, 0.1) is 6.61 Å². The molecule has 7 heteroatoms. The highest BCUT2D eigenvalue weighted by Gasteiger charge is 2.49. The van der Waals surface area contributed by atoms with Crippen LogP contribution in [0.15, 0.2) is 23.2 Å². The molecule has 0 aliphatic carbocycles. The smallest absolute Gasteiger partial charge is 0.282 e. The van der Waals surface area contributed by atoms with Crippen LogP contribution in [0.25, 0.3) is 0 Å². The summed E-state index contributed by atoms with van der Waals surface area (Å²) >= 11 is 0. The van der Waals surface area contributed by atoms with Crippen LogP contribution in [0.5, 0.6) is 0 Å². The van der Waals surface area contributed by atoms with Crippen molar-refractivity contribution in [1.29, 1.82) is 0 Å². The van der Waals surface area contributed by atoms with E-state index >= 15 is 0 Å². The number of fused-ring (bicyclic) bond motifs is 1. The molecule has 1 aromatic carbocycles. The largest absolute Gasteiger partial charge is 0.465 e. The lowest BCUT2D eigenvalue weighted by atomic mass is 9.80. The lowest BCUT2D eigenvalue weighted by Gasteiger charge is -2.35. The summed E-state index contributed by atoms with van der Waals surface area (Å²) in [5, 5.41) is 10.2. The zero-order chi connectivity index (χ0) is 14.8. The van der Waals surface area contributed by atoms with Gasteiger partial charge in [0.25, 0.3) is 6.02 Å². The summed E-state index contributed by atoms with van der Waals surface area (Å²) in [6, 6.07) is 4.66. The average molecular weight is 282 g/mol. The summed E-state index contributed by atoms with van der Waals surface area (Å²) in [5.74, 6) is -0.238. The number of anilines is 1. The molecular weight excluding hydrogens is 263 g/mol. The molecule has 2 aliphatic rings. The van der Waals surface area contributed by atoms with Gasteiger partial charge < -0.3 is 26.6 Å². The Morgan fingerprint density at radius 3 is 2.95 bits per heavy atom. The molecule has 1 aromatic rings. The summed E-state index contributed by atoms with van der Waals surface area (Å²) in [5.41, 5.74) is 11.7. The predicted molar refractivity (Wildman–Crippen MR) is 74.6 cm³/mol. The van der Waals surface area contributed by atoms with E-state index in [1.165, 1.54) is 6.07 Å². The number of aliphatic imine (C=N–C) groups is 1. The van der Waals surface area contributed by atoms with Gasteiger partial charge in [-0.2, -0.15) is 0 Å². The summed E-state index contributed by atoms with van der Waals surface area (Å²) in [6.45, 7) is 1.71. The average Bonchev–Trinajstić information content (AvgIpc) is 2.87. The number of aliphatic hydroxyl groups excluding tert-OH is 1. The second-order valence-corrected chi connectivity index (χ2v) is 4.75. The number of hydrogen-bond acceptors (Lipinski definition) is 6. The SMILES string of the molecule is CO.NC1=NC2(c3cc(N)ccc3F)CNCC2CO1. The molecule has 2 aliphatic heterocycles. The van der Waals surface area contributed by atoms with E-state index < -0.39 is 5.54 Å². The highest BCUT2D eigenvalue weighted by molar-refractivity contribution is 5.73. The molecule has 20 heavy (non-hydrogen) atoms. The van der Waals surface area contributed by atoms with E-state index in [9.17, 15) is 4.39 Å². The first-order valence-corrected chi connectivity index (χ1v) is 6.31. The van der Waals surface area contributed by atoms with E-state index in [0.29, 0.717) is 24.4 Å². The van der Waals surface area contributed by atoms with Crippen molar-refractivity contribution < 1.29 is 14.2 Å². The van der Waals surface area contributed by atoms with Crippen LogP contribution in [-0.4, -0.2) is 37.9 Å². The number of hydrogen-bond donors (Lipinski definition) is 4. The first-order chi connectivity index (χ1) is 9.62. The fourth-order valence-electron chi connectivity index (χ4n) is 2.74. The highest BCUT2D eigenvalue weighted by Crippen LogP contribution is 2.41. The van der Waals surface area contributed by atoms with Crippen molar-refractivity contribution in [2.75, 3.05) is 32.5 Å². The van der Waals surface area contributed by atoms with Crippen molar-refractivity contribution in [2.45, 2.75) is 5.54 Å². The van der Waals surface area contributed by atoms with E-state index in [0.717, 1.165) is 13.7 Å². The molecule has 3 rings (SSSR count). The molecule has 1 fully saturated rings. The van der Waals surface area contributed by atoms with E-state index in [4.69, 9.17) is 21.3 Å². The summed E-state index contributed by atoms with van der Waals surface area (Å²) in [7, 11) is 1.00. The van der Waals surface area contributed by atoms with Gasteiger partial charge in [0.15, 0.2) is 0 Å². The molecule has 6 N–H and O–H groups in total. The first kappa shape index (κ1) is 14.5. The van der Waals surface area contributed by atoms with Crippen LogP contribution in [0, 0.1) is 11.7 Å². The Kier molecular flexibility index (Phi) is 4.10. The molecule has 0 bridgehead atoms. The standard InChI is InChI=1S/C12H15FN4O.CH4O/c13-10-2-1-8(14)3-9(10)12-6-16-4-7(12)5-18-11(15)17-12;1-2/h1-3,7,16H,4-6,14H2,(H2,15,17);2H,1H3. The minimum absolute atomic E-state index is 0.0705. The van der Waals surface area contributed by atoms with Crippen molar-refractivity contribution in [3.8, 4) is 0 Å². The van der Waals surface area contributed by atoms with Crippen LogP contribution in [0.3, 0.4) is 0 Å². The minimum atomic E-state index is -0.693. The molecule has 0 spiro atoms. The van der Waals surface area contributed by atoms with Crippen LogP contribution in [0.4, 0.5) is 10.1 Å². The molecule has 2 atom stereocenters. The van der Waals surface area contributed by atoms with Gasteiger partial charge in [0.1, 0.15) is 11.4 Å². The number of ether oxygens (including phenoxy) is 1. The van der Waals surface area contributed by atoms with Crippen LogP contribution in [-0.2, 0) is 10.3 Å². The van der Waals surface area contributed by atoms with Crippen LogP contribution >= 0.6 is 0 Å². The molecule has 0 radical (unpaired) electrons. The minimum Gasteiger partial charge on any atom is -0.465 e. The van der Waals surface area contributed by atoms with E-state index in [1.54, 1.807) is 12.1 Å². The van der Waals surface area contributed by atoms with Gasteiger partial charge in [-0.05, 0) is 18.2 Å². The van der Waals surface area contributed by atoms with Gasteiger partial charge in [-0.25, -0.2) is 9.38 Å². The molecular formula is C13H19FN4O2. The number of rotatable bonds is 1. The Balaban J connectivity index is 0.000000704. The van der Waals surface area contributed by atoms with E-state index in [2.05, 4.69) is 10.3 Å². The number of halogens is 1. The maximum Gasteiger partial charge on any atom is 0.282 e. The number of amidine groups is 1. The Bertz CT molecular complexity index is 523. The van der Waals surface area contributed by atoms with Gasteiger partial charge in [-0.1, -0.05) is 0 Å². The summed E-state index contributed by atoms with van der Waals surface area (Å²) in [4.78, 5) is 4.36. The third-order valence-corrected chi connectivity index (χ3v) is 3.66. The van der Waals surface area contributed by atoms with Gasteiger partial charge in [-0.15, -0.1) is 0 Å². The molecule has 1 saturated heterocycles. The lowest BCUT2D eigenvalue weighted by Crippen LogP contribution is -2.43. The molecule has 2 heterocycles. The molecule has 2 unspecified atom stereocenters. The van der Waals surface area contributed by atoms with Gasteiger partial charge >= 0.3 is 0 Å². The zero-order valence-electron chi connectivity index (χ0n) is 11.3. The monoisotopic (exact) mass is 282 g/mol. The Labute approximate surface area is 116 Å². The quantitative estimate of drug-likeness (QED) is 0.533. The summed E-state index contributed by atoms with van der Waals surface area (Å²) < 4.78 is 19.3. The predicted octanol–water partition coefficient (Wildman–Crippen LogP) is -0.224. The molecule has 6 nitrogen and oxygen atoms in total. The fraction of sp³-hybridized carbons (Fsp3) is 0.462. The third-order valence-electron chi connectivity index (χ3n) is 3.66. The second kappa shape index (κ2) is 5.64. The van der Waals surface area contributed by atoms with E-state index in [1.807, 2.05) is 0 Å². The lowest BCUT2D eigenvalue weighted by molar-refractivity contribution is 0.159. The van der Waals surface area contributed by atoms with Crippen LogP contribution in [0.1, 0.15) is 5.56 Å². The van der Waals surface area contributed by atoms with Gasteiger partial charge in [-0.3, -0.25) is 0 Å². The molecule has 0 aromatic heterocycles. The molecule has 110 valence electrons. The van der Waals surface area contributed by atoms with Crippen LogP contribution in [0.2, 0.25) is 0 Å². The number of benzene rings is 1. The summed E-state index contributed by atoms with van der Waals surface area (Å²) in [6.07, 6.45) is 0. The van der Waals surface area contributed by atoms with Crippen molar-refractivity contribution >= 4 is 11.7 Å². The van der Waals surface area contributed by atoms with Crippen molar-refractivity contribution in [2.24, 2.45) is 16.6 Å². The number of aliphatic hydroxyl groups is 1. The van der Waals surface area contributed by atoms with Crippen molar-refractivity contribution in [1.82, 2.24) is 5.32 Å². The maximum absolute atomic E-state index is 14.1. The van der Waals surface area contributed by atoms with Gasteiger partial charge in [0.2, 0.25) is 0 Å². The number of nitrogens with zero attached hydrogens (tertiary/aromatic N) is 1.